The minimum Gasteiger partial charge on any atom is -0.378 e. The van der Waals surface area contributed by atoms with Gasteiger partial charge in [0.2, 0.25) is 0 Å². The van der Waals surface area contributed by atoms with E-state index in [2.05, 4.69) is 38.0 Å². The van der Waals surface area contributed by atoms with Crippen LogP contribution in [0.15, 0.2) is 0 Å². The molecule has 20 heavy (non-hydrogen) atoms. The molecule has 1 aromatic rings. The summed E-state index contributed by atoms with van der Waals surface area (Å²) in [5, 5.41) is 4.92. The molecule has 0 bridgehead atoms. The first-order chi connectivity index (χ1) is 9.62. The molecule has 0 aliphatic heterocycles. The minimum atomic E-state index is 0.525. The number of aromatic nitrogens is 1. The molecule has 0 aromatic carbocycles. The molecular formula is C16H28N2OS. The van der Waals surface area contributed by atoms with Gasteiger partial charge in [0.15, 0.2) is 0 Å². The monoisotopic (exact) mass is 296 g/mol. The Morgan fingerprint density at radius 3 is 2.65 bits per heavy atom. The normalized spacial score (nSPS) is 23.6. The smallest absolute Gasteiger partial charge is 0.0946 e. The van der Waals surface area contributed by atoms with Gasteiger partial charge in [-0.05, 0) is 52.5 Å². The van der Waals surface area contributed by atoms with Gasteiger partial charge in [-0.3, -0.25) is 0 Å². The lowest BCUT2D eigenvalue weighted by atomic mass is 9.78. The molecule has 1 unspecified atom stereocenters. The third-order valence-electron chi connectivity index (χ3n) is 4.20. The molecule has 0 saturated heterocycles. The number of ether oxygens (including phenoxy) is 1. The third-order valence-corrected chi connectivity index (χ3v) is 5.29. The van der Waals surface area contributed by atoms with Crippen LogP contribution in [0.4, 0.5) is 0 Å². The Kier molecular flexibility index (Phi) is 6.00. The molecule has 1 fully saturated rings. The molecule has 0 amide bonds. The highest BCUT2D eigenvalue weighted by molar-refractivity contribution is 7.11. The number of hydrogen-bond acceptors (Lipinski definition) is 4. The fourth-order valence-corrected chi connectivity index (χ4v) is 4.02. The van der Waals surface area contributed by atoms with Crippen molar-refractivity contribution in [3.8, 4) is 0 Å². The fraction of sp³-hybridized carbons (Fsp3) is 0.812. The average molecular weight is 296 g/mol. The fourth-order valence-electron chi connectivity index (χ4n) is 3.01. The Balaban J connectivity index is 1.82. The summed E-state index contributed by atoms with van der Waals surface area (Å²) in [5.41, 5.74) is 1.19. The van der Waals surface area contributed by atoms with Crippen molar-refractivity contribution in [3.63, 3.8) is 0 Å². The molecule has 1 saturated carbocycles. The summed E-state index contributed by atoms with van der Waals surface area (Å²) in [7, 11) is 0. The SMILES string of the molecule is CCNC(Cc1nc(C)c(C)s1)CC1CC(OCC)C1. The Morgan fingerprint density at radius 2 is 2.10 bits per heavy atom. The first-order valence-electron chi connectivity index (χ1n) is 7.90. The minimum absolute atomic E-state index is 0.525. The third kappa shape index (κ3) is 4.27. The van der Waals surface area contributed by atoms with Crippen molar-refractivity contribution in [1.29, 1.82) is 0 Å². The van der Waals surface area contributed by atoms with Crippen molar-refractivity contribution in [2.45, 2.75) is 65.5 Å². The molecule has 1 aliphatic rings. The van der Waals surface area contributed by atoms with E-state index in [1.807, 2.05) is 11.3 Å². The maximum atomic E-state index is 5.66. The van der Waals surface area contributed by atoms with Crippen molar-refractivity contribution < 1.29 is 4.74 Å². The second kappa shape index (κ2) is 7.53. The Hall–Kier alpha value is -0.450. The van der Waals surface area contributed by atoms with Crippen LogP contribution in [-0.4, -0.2) is 30.3 Å². The maximum absolute atomic E-state index is 5.66. The standard InChI is InChI=1S/C16H28N2OS/c1-5-17-14(7-13-8-15(9-13)19-6-2)10-16-18-11(3)12(4)20-16/h13-15,17H,5-10H2,1-4H3. The Morgan fingerprint density at radius 1 is 1.35 bits per heavy atom. The summed E-state index contributed by atoms with van der Waals surface area (Å²) in [5.74, 6) is 0.831. The zero-order valence-electron chi connectivity index (χ0n) is 13.2. The van der Waals surface area contributed by atoms with Gasteiger partial charge in [-0.1, -0.05) is 6.92 Å². The van der Waals surface area contributed by atoms with E-state index in [1.165, 1.54) is 34.8 Å². The van der Waals surface area contributed by atoms with Gasteiger partial charge in [0.25, 0.3) is 0 Å². The molecule has 0 spiro atoms. The topological polar surface area (TPSA) is 34.2 Å². The molecular weight excluding hydrogens is 268 g/mol. The number of thiazole rings is 1. The van der Waals surface area contributed by atoms with Gasteiger partial charge in [0, 0.05) is 23.9 Å². The summed E-state index contributed by atoms with van der Waals surface area (Å²) in [6.07, 6.45) is 5.34. The summed E-state index contributed by atoms with van der Waals surface area (Å²) in [6.45, 7) is 10.4. The number of hydrogen-bond donors (Lipinski definition) is 1. The zero-order valence-corrected chi connectivity index (χ0v) is 14.1. The molecule has 4 heteroatoms. The first-order valence-corrected chi connectivity index (χ1v) is 8.71. The van der Waals surface area contributed by atoms with E-state index in [0.29, 0.717) is 12.1 Å². The van der Waals surface area contributed by atoms with Gasteiger partial charge in [-0.2, -0.15) is 0 Å². The number of nitrogens with zero attached hydrogens (tertiary/aromatic N) is 1. The highest BCUT2D eigenvalue weighted by atomic mass is 32.1. The number of rotatable bonds is 8. The Bertz CT molecular complexity index is 393. The van der Waals surface area contributed by atoms with E-state index in [1.54, 1.807) is 0 Å². The van der Waals surface area contributed by atoms with Crippen LogP contribution in [0.25, 0.3) is 0 Å². The van der Waals surface area contributed by atoms with E-state index in [9.17, 15) is 0 Å². The van der Waals surface area contributed by atoms with Crippen LogP contribution in [0.3, 0.4) is 0 Å². The van der Waals surface area contributed by atoms with Gasteiger partial charge >= 0.3 is 0 Å². The molecule has 3 nitrogen and oxygen atoms in total. The highest BCUT2D eigenvalue weighted by Crippen LogP contribution is 2.34. The lowest BCUT2D eigenvalue weighted by molar-refractivity contribution is -0.0289. The van der Waals surface area contributed by atoms with E-state index in [0.717, 1.165) is 25.5 Å². The summed E-state index contributed by atoms with van der Waals surface area (Å²) < 4.78 is 5.66. The van der Waals surface area contributed by atoms with E-state index < -0.39 is 0 Å². The highest BCUT2D eigenvalue weighted by Gasteiger charge is 2.31. The average Bonchev–Trinajstić information content (AvgIpc) is 2.66. The van der Waals surface area contributed by atoms with Crippen LogP contribution < -0.4 is 5.32 Å². The van der Waals surface area contributed by atoms with Crippen molar-refractivity contribution in [3.05, 3.63) is 15.6 Å². The second-order valence-corrected chi connectivity index (χ2v) is 7.15. The number of aryl methyl sites for hydroxylation is 2. The van der Waals surface area contributed by atoms with Crippen molar-refractivity contribution in [1.82, 2.24) is 10.3 Å². The maximum Gasteiger partial charge on any atom is 0.0946 e. The molecule has 0 radical (unpaired) electrons. The summed E-state index contributed by atoms with van der Waals surface area (Å²) >= 11 is 1.85. The van der Waals surface area contributed by atoms with Gasteiger partial charge < -0.3 is 10.1 Å². The molecule has 1 aliphatic carbocycles. The van der Waals surface area contributed by atoms with E-state index in [-0.39, 0.29) is 0 Å². The van der Waals surface area contributed by atoms with Gasteiger partial charge in [-0.25, -0.2) is 4.98 Å². The Labute approximate surface area is 127 Å². The molecule has 1 heterocycles. The lowest BCUT2D eigenvalue weighted by Crippen LogP contribution is -2.39. The van der Waals surface area contributed by atoms with Gasteiger partial charge in [0.05, 0.1) is 16.8 Å². The lowest BCUT2D eigenvalue weighted by Gasteiger charge is -2.37. The molecule has 114 valence electrons. The number of likely N-dealkylation sites (N-methyl/N-ethyl adjacent to an activating group) is 1. The van der Waals surface area contributed by atoms with Crippen LogP contribution in [0, 0.1) is 19.8 Å². The van der Waals surface area contributed by atoms with E-state index >= 15 is 0 Å². The first kappa shape index (κ1) is 15.9. The quantitative estimate of drug-likeness (QED) is 0.797. The second-order valence-electron chi connectivity index (χ2n) is 5.86. The predicted octanol–water partition coefficient (Wildman–Crippen LogP) is 3.49. The molecule has 1 atom stereocenters. The zero-order chi connectivity index (χ0) is 14.5. The number of nitrogens with one attached hydrogen (secondary N) is 1. The summed E-state index contributed by atoms with van der Waals surface area (Å²) in [6, 6.07) is 0.567. The van der Waals surface area contributed by atoms with Crippen LogP contribution in [0.2, 0.25) is 0 Å². The molecule has 1 aromatic heterocycles. The van der Waals surface area contributed by atoms with Crippen molar-refractivity contribution >= 4 is 11.3 Å². The van der Waals surface area contributed by atoms with Crippen molar-refractivity contribution in [2.24, 2.45) is 5.92 Å². The molecule has 1 N–H and O–H groups in total. The van der Waals surface area contributed by atoms with Crippen molar-refractivity contribution in [2.75, 3.05) is 13.2 Å². The van der Waals surface area contributed by atoms with Crippen LogP contribution >= 0.6 is 11.3 Å². The van der Waals surface area contributed by atoms with Crippen LogP contribution in [0.1, 0.15) is 48.7 Å². The molecule has 2 rings (SSSR count). The largest absolute Gasteiger partial charge is 0.378 e. The van der Waals surface area contributed by atoms with Crippen LogP contribution in [-0.2, 0) is 11.2 Å². The predicted molar refractivity (Wildman–Crippen MR) is 85.5 cm³/mol. The summed E-state index contributed by atoms with van der Waals surface area (Å²) in [4.78, 5) is 6.04. The van der Waals surface area contributed by atoms with E-state index in [4.69, 9.17) is 4.74 Å². The van der Waals surface area contributed by atoms with Gasteiger partial charge in [-0.15, -0.1) is 11.3 Å². The van der Waals surface area contributed by atoms with Gasteiger partial charge in [0.1, 0.15) is 0 Å². The van der Waals surface area contributed by atoms with Crippen LogP contribution in [0.5, 0.6) is 0 Å².